The molecule has 26 heavy (non-hydrogen) atoms. The number of hydrogen-bond donors (Lipinski definition) is 1. The average molecular weight is 349 g/mol. The molecule has 6 nitrogen and oxygen atoms in total. The normalized spacial score (nSPS) is 14.1. The fraction of sp³-hybridized carbons (Fsp3) is 0.350. The summed E-state index contributed by atoms with van der Waals surface area (Å²) in [6.45, 7) is 1.49. The number of fused-ring (bicyclic) bond motifs is 1. The molecule has 1 N–H and O–H groups in total. The first-order valence-corrected chi connectivity index (χ1v) is 9.08. The summed E-state index contributed by atoms with van der Waals surface area (Å²) in [5, 5.41) is 11.9. The zero-order valence-electron chi connectivity index (χ0n) is 15.0. The maximum atomic E-state index is 12.7. The highest BCUT2D eigenvalue weighted by Crippen LogP contribution is 2.26. The maximum absolute atomic E-state index is 12.7. The lowest BCUT2D eigenvalue weighted by atomic mass is 10.0. The molecule has 1 aromatic carbocycles. The van der Waals surface area contributed by atoms with E-state index in [4.69, 9.17) is 0 Å². The molecule has 1 aliphatic heterocycles. The second-order valence-corrected chi connectivity index (χ2v) is 6.72. The van der Waals surface area contributed by atoms with Crippen LogP contribution in [-0.2, 0) is 31.1 Å². The Kier molecular flexibility index (Phi) is 4.56. The number of carbonyl (C=O) groups excluding carboxylic acids is 1. The lowest BCUT2D eigenvalue weighted by Gasteiger charge is -2.20. The number of carbonyl (C=O) groups is 1. The molecule has 0 aliphatic carbocycles. The van der Waals surface area contributed by atoms with Gasteiger partial charge in [0.15, 0.2) is 0 Å². The van der Waals surface area contributed by atoms with Crippen LogP contribution in [0.25, 0.3) is 11.3 Å². The van der Waals surface area contributed by atoms with Crippen molar-refractivity contribution in [2.24, 2.45) is 7.05 Å². The molecule has 0 unspecified atom stereocenters. The lowest BCUT2D eigenvalue weighted by Crippen LogP contribution is -2.33. The number of nitrogens with one attached hydrogen (secondary N) is 1. The summed E-state index contributed by atoms with van der Waals surface area (Å²) in [6, 6.07) is 12.2. The van der Waals surface area contributed by atoms with Gasteiger partial charge in [-0.05, 0) is 18.9 Å². The van der Waals surface area contributed by atoms with E-state index in [-0.39, 0.29) is 5.91 Å². The van der Waals surface area contributed by atoms with E-state index >= 15 is 0 Å². The van der Waals surface area contributed by atoms with Gasteiger partial charge in [-0.2, -0.15) is 10.2 Å². The van der Waals surface area contributed by atoms with Crippen LogP contribution in [-0.4, -0.2) is 43.9 Å². The van der Waals surface area contributed by atoms with E-state index in [0.29, 0.717) is 6.42 Å². The Hall–Kier alpha value is -2.89. The number of rotatable bonds is 4. The van der Waals surface area contributed by atoms with E-state index < -0.39 is 0 Å². The Balaban J connectivity index is 1.43. The Morgan fingerprint density at radius 2 is 1.96 bits per heavy atom. The first kappa shape index (κ1) is 16.6. The number of H-pyrrole nitrogens is 1. The molecular weight excluding hydrogens is 326 g/mol. The van der Waals surface area contributed by atoms with Crippen molar-refractivity contribution in [1.29, 1.82) is 0 Å². The molecule has 0 bridgehead atoms. The summed E-state index contributed by atoms with van der Waals surface area (Å²) in [6.07, 6.45) is 4.70. The van der Waals surface area contributed by atoms with Crippen molar-refractivity contribution < 1.29 is 4.79 Å². The molecule has 134 valence electrons. The third-order valence-electron chi connectivity index (χ3n) is 5.13. The van der Waals surface area contributed by atoms with Crippen molar-refractivity contribution in [3.63, 3.8) is 0 Å². The van der Waals surface area contributed by atoms with E-state index in [0.717, 1.165) is 55.0 Å². The van der Waals surface area contributed by atoms with Gasteiger partial charge < -0.3 is 4.90 Å². The molecule has 2 aromatic heterocycles. The monoisotopic (exact) mass is 349 g/mol. The molecule has 0 fully saturated rings. The molecule has 1 amide bonds. The Labute approximate surface area is 152 Å². The summed E-state index contributed by atoms with van der Waals surface area (Å²) in [5.41, 5.74) is 5.64. The first-order chi connectivity index (χ1) is 12.7. The zero-order valence-corrected chi connectivity index (χ0v) is 15.0. The van der Waals surface area contributed by atoms with Crippen LogP contribution in [0, 0.1) is 0 Å². The van der Waals surface area contributed by atoms with Gasteiger partial charge in [-0.3, -0.25) is 14.6 Å². The number of aromatic nitrogens is 4. The third-order valence-corrected chi connectivity index (χ3v) is 5.13. The van der Waals surface area contributed by atoms with Crippen LogP contribution < -0.4 is 0 Å². The van der Waals surface area contributed by atoms with E-state index in [9.17, 15) is 4.79 Å². The zero-order chi connectivity index (χ0) is 17.9. The molecule has 6 heteroatoms. The topological polar surface area (TPSA) is 66.8 Å². The van der Waals surface area contributed by atoms with Gasteiger partial charge in [0.2, 0.25) is 5.91 Å². The molecule has 0 spiro atoms. The molecule has 3 heterocycles. The van der Waals surface area contributed by atoms with E-state index in [2.05, 4.69) is 27.4 Å². The van der Waals surface area contributed by atoms with Crippen LogP contribution in [0.3, 0.4) is 0 Å². The minimum Gasteiger partial charge on any atom is -0.342 e. The largest absolute Gasteiger partial charge is 0.342 e. The van der Waals surface area contributed by atoms with Gasteiger partial charge >= 0.3 is 0 Å². The fourth-order valence-electron chi connectivity index (χ4n) is 3.61. The molecule has 0 radical (unpaired) electrons. The van der Waals surface area contributed by atoms with Gasteiger partial charge in [0.25, 0.3) is 0 Å². The van der Waals surface area contributed by atoms with Gasteiger partial charge in [0.05, 0.1) is 5.69 Å². The number of nitrogens with zero attached hydrogens (tertiary/aromatic N) is 4. The average Bonchev–Trinajstić information content (AvgIpc) is 3.20. The van der Waals surface area contributed by atoms with E-state index in [1.165, 1.54) is 5.56 Å². The highest BCUT2D eigenvalue weighted by molar-refractivity contribution is 5.76. The second kappa shape index (κ2) is 7.15. The molecule has 1 aliphatic rings. The van der Waals surface area contributed by atoms with Crippen molar-refractivity contribution in [2.75, 3.05) is 13.1 Å². The first-order valence-electron chi connectivity index (χ1n) is 9.08. The van der Waals surface area contributed by atoms with Crippen LogP contribution in [0.2, 0.25) is 0 Å². The molecular formula is C20H23N5O. The third kappa shape index (κ3) is 3.27. The van der Waals surface area contributed by atoms with Gasteiger partial charge in [-0.15, -0.1) is 0 Å². The van der Waals surface area contributed by atoms with Crippen molar-refractivity contribution >= 4 is 5.91 Å². The number of amides is 1. The standard InChI is InChI=1S/C20H23N5O/c1-24-16(9-12-21-24)7-8-19(26)25-13-10-17-18(11-14-25)22-23-20(17)15-5-3-2-4-6-15/h2-6,9,12H,7-8,10-11,13-14H2,1H3,(H,22,23). The smallest absolute Gasteiger partial charge is 0.222 e. The van der Waals surface area contributed by atoms with Gasteiger partial charge in [-0.1, -0.05) is 30.3 Å². The quantitative estimate of drug-likeness (QED) is 0.786. The molecule has 0 saturated heterocycles. The molecule has 3 aromatic rings. The minimum atomic E-state index is 0.213. The number of aryl methyl sites for hydroxylation is 2. The second-order valence-electron chi connectivity index (χ2n) is 6.72. The Bertz CT molecular complexity index is 896. The number of hydrogen-bond acceptors (Lipinski definition) is 3. The Morgan fingerprint density at radius 3 is 2.73 bits per heavy atom. The Morgan fingerprint density at radius 1 is 1.15 bits per heavy atom. The summed E-state index contributed by atoms with van der Waals surface area (Å²) in [7, 11) is 1.91. The van der Waals surface area contributed by atoms with Crippen LogP contribution in [0.5, 0.6) is 0 Å². The van der Waals surface area contributed by atoms with Gasteiger partial charge in [0, 0.05) is 61.7 Å². The van der Waals surface area contributed by atoms with Crippen molar-refractivity contribution in [1.82, 2.24) is 24.9 Å². The van der Waals surface area contributed by atoms with E-state index in [1.54, 1.807) is 6.20 Å². The highest BCUT2D eigenvalue weighted by Gasteiger charge is 2.22. The van der Waals surface area contributed by atoms with Crippen molar-refractivity contribution in [3.8, 4) is 11.3 Å². The van der Waals surface area contributed by atoms with Crippen molar-refractivity contribution in [2.45, 2.75) is 25.7 Å². The molecule has 0 atom stereocenters. The predicted molar refractivity (Wildman–Crippen MR) is 99.5 cm³/mol. The highest BCUT2D eigenvalue weighted by atomic mass is 16.2. The SMILES string of the molecule is Cn1nccc1CCC(=O)N1CCc2[nH]nc(-c3ccccc3)c2CC1. The van der Waals surface area contributed by atoms with Crippen LogP contribution in [0.1, 0.15) is 23.4 Å². The predicted octanol–water partition coefficient (Wildman–Crippen LogP) is 2.37. The van der Waals surface area contributed by atoms with E-state index in [1.807, 2.05) is 40.9 Å². The summed E-state index contributed by atoms with van der Waals surface area (Å²) in [4.78, 5) is 14.6. The fourth-order valence-corrected chi connectivity index (χ4v) is 3.61. The summed E-state index contributed by atoms with van der Waals surface area (Å²) in [5.74, 6) is 0.213. The van der Waals surface area contributed by atoms with Gasteiger partial charge in [-0.25, -0.2) is 0 Å². The van der Waals surface area contributed by atoms with Crippen LogP contribution in [0.15, 0.2) is 42.6 Å². The minimum absolute atomic E-state index is 0.213. The van der Waals surface area contributed by atoms with Crippen LogP contribution >= 0.6 is 0 Å². The number of benzene rings is 1. The van der Waals surface area contributed by atoms with Crippen molar-refractivity contribution in [3.05, 3.63) is 59.5 Å². The maximum Gasteiger partial charge on any atom is 0.222 e. The lowest BCUT2D eigenvalue weighted by molar-refractivity contribution is -0.131. The van der Waals surface area contributed by atoms with Gasteiger partial charge in [0.1, 0.15) is 0 Å². The molecule has 0 saturated carbocycles. The summed E-state index contributed by atoms with van der Waals surface area (Å²) >= 11 is 0. The molecule has 4 rings (SSSR count). The van der Waals surface area contributed by atoms with Crippen LogP contribution in [0.4, 0.5) is 0 Å². The number of aromatic amines is 1. The summed E-state index contributed by atoms with van der Waals surface area (Å²) < 4.78 is 1.83.